The van der Waals surface area contributed by atoms with E-state index in [2.05, 4.69) is 5.10 Å². The van der Waals surface area contributed by atoms with E-state index in [1.807, 2.05) is 37.5 Å². The Morgan fingerprint density at radius 2 is 1.84 bits per heavy atom. The number of aromatic nitrogens is 2. The van der Waals surface area contributed by atoms with Crippen molar-refractivity contribution in [3.05, 3.63) is 41.7 Å². The van der Waals surface area contributed by atoms with Crippen molar-refractivity contribution in [2.45, 2.75) is 12.5 Å². The van der Waals surface area contributed by atoms with E-state index in [-0.39, 0.29) is 6.04 Å². The number of aryl methyl sites for hydroxylation is 1. The van der Waals surface area contributed by atoms with Crippen molar-refractivity contribution in [2.24, 2.45) is 12.8 Å². The van der Waals surface area contributed by atoms with E-state index in [0.29, 0.717) is 6.42 Å². The maximum Gasteiger partial charge on any atom is 0.122 e. The second-order valence-electron chi connectivity index (χ2n) is 4.44. The zero-order valence-corrected chi connectivity index (χ0v) is 11.5. The number of benzene rings is 1. The van der Waals surface area contributed by atoms with E-state index in [9.17, 15) is 0 Å². The Balaban J connectivity index is 2.20. The number of hydrogen-bond donors (Lipinski definition) is 1. The molecule has 0 aliphatic rings. The van der Waals surface area contributed by atoms with Crippen molar-refractivity contribution >= 4 is 0 Å². The molecule has 0 bridgehead atoms. The summed E-state index contributed by atoms with van der Waals surface area (Å²) in [5.41, 5.74) is 8.17. The van der Waals surface area contributed by atoms with Gasteiger partial charge in [0, 0.05) is 31.8 Å². The number of methoxy groups -OCH3 is 2. The number of nitrogens with zero attached hydrogens (tertiary/aromatic N) is 2. The van der Waals surface area contributed by atoms with Crippen molar-refractivity contribution in [3.63, 3.8) is 0 Å². The second kappa shape index (κ2) is 5.75. The van der Waals surface area contributed by atoms with E-state index in [1.165, 1.54) is 0 Å². The third-order valence-electron chi connectivity index (χ3n) is 3.00. The van der Waals surface area contributed by atoms with E-state index >= 15 is 0 Å². The molecule has 19 heavy (non-hydrogen) atoms. The topological polar surface area (TPSA) is 62.3 Å². The van der Waals surface area contributed by atoms with E-state index in [4.69, 9.17) is 15.2 Å². The van der Waals surface area contributed by atoms with Gasteiger partial charge in [0.2, 0.25) is 0 Å². The van der Waals surface area contributed by atoms with Gasteiger partial charge in [0.25, 0.3) is 0 Å². The summed E-state index contributed by atoms with van der Waals surface area (Å²) in [6, 6.07) is 7.51. The largest absolute Gasteiger partial charge is 0.497 e. The predicted molar refractivity (Wildman–Crippen MR) is 73.4 cm³/mol. The molecule has 1 heterocycles. The summed E-state index contributed by atoms with van der Waals surface area (Å²) in [5.74, 6) is 1.48. The fourth-order valence-corrected chi connectivity index (χ4v) is 1.96. The maximum atomic E-state index is 6.22. The van der Waals surface area contributed by atoms with E-state index < -0.39 is 0 Å². The molecule has 1 unspecified atom stereocenters. The van der Waals surface area contributed by atoms with Crippen molar-refractivity contribution in [1.29, 1.82) is 0 Å². The molecule has 0 aliphatic carbocycles. The molecule has 0 amide bonds. The molecule has 0 saturated carbocycles. The first-order chi connectivity index (χ1) is 9.12. The molecule has 0 radical (unpaired) electrons. The third-order valence-corrected chi connectivity index (χ3v) is 3.00. The Labute approximate surface area is 112 Å². The molecule has 2 N–H and O–H groups in total. The number of ether oxygens (including phenoxy) is 2. The van der Waals surface area contributed by atoms with Gasteiger partial charge < -0.3 is 15.2 Å². The van der Waals surface area contributed by atoms with Crippen LogP contribution in [-0.2, 0) is 13.5 Å². The zero-order chi connectivity index (χ0) is 13.8. The van der Waals surface area contributed by atoms with Gasteiger partial charge in [-0.25, -0.2) is 0 Å². The van der Waals surface area contributed by atoms with Crippen LogP contribution in [0.1, 0.15) is 17.3 Å². The molecule has 5 nitrogen and oxygen atoms in total. The van der Waals surface area contributed by atoms with Crippen LogP contribution in [0.5, 0.6) is 11.5 Å². The normalized spacial score (nSPS) is 12.2. The molecule has 1 aromatic carbocycles. The van der Waals surface area contributed by atoms with Gasteiger partial charge in [0.15, 0.2) is 0 Å². The van der Waals surface area contributed by atoms with Gasteiger partial charge in [-0.3, -0.25) is 4.68 Å². The highest BCUT2D eigenvalue weighted by atomic mass is 16.5. The van der Waals surface area contributed by atoms with Crippen LogP contribution in [0.15, 0.2) is 30.5 Å². The SMILES string of the molecule is COc1cc(OC)cc(C(N)Cc2ccn(C)n2)c1. The summed E-state index contributed by atoms with van der Waals surface area (Å²) >= 11 is 0. The Morgan fingerprint density at radius 1 is 1.21 bits per heavy atom. The Morgan fingerprint density at radius 3 is 2.32 bits per heavy atom. The van der Waals surface area contributed by atoms with Gasteiger partial charge in [-0.05, 0) is 23.8 Å². The number of rotatable bonds is 5. The van der Waals surface area contributed by atoms with Crippen molar-refractivity contribution in [1.82, 2.24) is 9.78 Å². The van der Waals surface area contributed by atoms with Crippen LogP contribution in [0.3, 0.4) is 0 Å². The molecule has 2 aromatic rings. The minimum Gasteiger partial charge on any atom is -0.497 e. The van der Waals surface area contributed by atoms with Crippen LogP contribution < -0.4 is 15.2 Å². The molecular weight excluding hydrogens is 242 g/mol. The Kier molecular flexibility index (Phi) is 4.06. The minimum atomic E-state index is -0.140. The molecule has 0 spiro atoms. The highest BCUT2D eigenvalue weighted by Crippen LogP contribution is 2.26. The lowest BCUT2D eigenvalue weighted by atomic mass is 10.0. The van der Waals surface area contributed by atoms with Gasteiger partial charge >= 0.3 is 0 Å². The zero-order valence-electron chi connectivity index (χ0n) is 11.5. The van der Waals surface area contributed by atoms with E-state index in [0.717, 1.165) is 22.8 Å². The third kappa shape index (κ3) is 3.26. The average molecular weight is 261 g/mol. The van der Waals surface area contributed by atoms with Crippen LogP contribution in [0.4, 0.5) is 0 Å². The Hall–Kier alpha value is -2.01. The van der Waals surface area contributed by atoms with Gasteiger partial charge in [0.1, 0.15) is 11.5 Å². The summed E-state index contributed by atoms with van der Waals surface area (Å²) in [7, 11) is 5.15. The van der Waals surface area contributed by atoms with Crippen LogP contribution in [0, 0.1) is 0 Å². The molecule has 0 aliphatic heterocycles. The highest BCUT2D eigenvalue weighted by molar-refractivity contribution is 5.40. The smallest absolute Gasteiger partial charge is 0.122 e. The molecule has 102 valence electrons. The molecule has 0 fully saturated rings. The van der Waals surface area contributed by atoms with Gasteiger partial charge in [-0.2, -0.15) is 5.10 Å². The van der Waals surface area contributed by atoms with Crippen LogP contribution in [0.25, 0.3) is 0 Å². The lowest BCUT2D eigenvalue weighted by Gasteiger charge is -2.13. The number of nitrogens with two attached hydrogens (primary N) is 1. The summed E-state index contributed by atoms with van der Waals surface area (Å²) in [4.78, 5) is 0. The van der Waals surface area contributed by atoms with E-state index in [1.54, 1.807) is 18.9 Å². The highest BCUT2D eigenvalue weighted by Gasteiger charge is 2.12. The van der Waals surface area contributed by atoms with Gasteiger partial charge in [-0.15, -0.1) is 0 Å². The van der Waals surface area contributed by atoms with Gasteiger partial charge in [0.05, 0.1) is 19.9 Å². The summed E-state index contributed by atoms with van der Waals surface area (Å²) in [6.45, 7) is 0. The first kappa shape index (κ1) is 13.4. The average Bonchev–Trinajstić information content (AvgIpc) is 2.83. The monoisotopic (exact) mass is 261 g/mol. The molecule has 0 saturated heterocycles. The second-order valence-corrected chi connectivity index (χ2v) is 4.44. The molecule has 2 rings (SSSR count). The predicted octanol–water partition coefficient (Wildman–Crippen LogP) is 1.68. The summed E-state index contributed by atoms with van der Waals surface area (Å²) in [6.07, 6.45) is 2.59. The van der Waals surface area contributed by atoms with Crippen molar-refractivity contribution in [2.75, 3.05) is 14.2 Å². The molecule has 5 heteroatoms. The van der Waals surface area contributed by atoms with Crippen LogP contribution >= 0.6 is 0 Å². The molecular formula is C14H19N3O2. The maximum absolute atomic E-state index is 6.22. The fourth-order valence-electron chi connectivity index (χ4n) is 1.96. The molecule has 1 aromatic heterocycles. The summed E-state index contributed by atoms with van der Waals surface area (Å²) in [5, 5.41) is 4.34. The standard InChI is InChI=1S/C14H19N3O2/c1-17-5-4-11(16-17)8-14(15)10-6-12(18-2)9-13(7-10)19-3/h4-7,9,14H,8,15H2,1-3H3. The number of hydrogen-bond acceptors (Lipinski definition) is 4. The van der Waals surface area contributed by atoms with Crippen molar-refractivity contribution in [3.8, 4) is 11.5 Å². The first-order valence-corrected chi connectivity index (χ1v) is 6.09. The van der Waals surface area contributed by atoms with Crippen LogP contribution in [-0.4, -0.2) is 24.0 Å². The quantitative estimate of drug-likeness (QED) is 0.889. The molecule has 1 atom stereocenters. The minimum absolute atomic E-state index is 0.140. The van der Waals surface area contributed by atoms with Crippen LogP contribution in [0.2, 0.25) is 0 Å². The van der Waals surface area contributed by atoms with Gasteiger partial charge in [-0.1, -0.05) is 0 Å². The van der Waals surface area contributed by atoms with Crippen molar-refractivity contribution < 1.29 is 9.47 Å². The lowest BCUT2D eigenvalue weighted by Crippen LogP contribution is -2.14. The summed E-state index contributed by atoms with van der Waals surface area (Å²) < 4.78 is 12.3. The lowest BCUT2D eigenvalue weighted by molar-refractivity contribution is 0.392. The Bertz CT molecular complexity index is 529. The fraction of sp³-hybridized carbons (Fsp3) is 0.357. The first-order valence-electron chi connectivity index (χ1n) is 6.09.